The van der Waals surface area contributed by atoms with Gasteiger partial charge in [-0.15, -0.1) is 0 Å². The van der Waals surface area contributed by atoms with Crippen LogP contribution in [0.4, 0.5) is 0 Å². The van der Waals surface area contributed by atoms with E-state index < -0.39 is 0 Å². The predicted octanol–water partition coefficient (Wildman–Crippen LogP) is 4.24. The lowest BCUT2D eigenvalue weighted by Crippen LogP contribution is -2.27. The van der Waals surface area contributed by atoms with Crippen molar-refractivity contribution in [2.24, 2.45) is 5.92 Å². The molecule has 0 bridgehead atoms. The Morgan fingerprint density at radius 2 is 2.17 bits per heavy atom. The van der Waals surface area contributed by atoms with Crippen LogP contribution >= 0.6 is 0 Å². The Balaban J connectivity index is 2.06. The van der Waals surface area contributed by atoms with E-state index in [-0.39, 0.29) is 0 Å². The minimum atomic E-state index is 0.543. The molecule has 2 heteroatoms. The highest BCUT2D eigenvalue weighted by molar-refractivity contribution is 5.52. The first-order chi connectivity index (χ1) is 8.75. The Kier molecular flexibility index (Phi) is 5.06. The fourth-order valence-electron chi connectivity index (χ4n) is 2.68. The van der Waals surface area contributed by atoms with Gasteiger partial charge in [-0.2, -0.15) is 0 Å². The Bertz CT molecular complexity index is 358. The van der Waals surface area contributed by atoms with Gasteiger partial charge in [0.15, 0.2) is 0 Å². The summed E-state index contributed by atoms with van der Waals surface area (Å²) in [7, 11) is 0. The van der Waals surface area contributed by atoms with Crippen LogP contribution in [0.1, 0.15) is 51.5 Å². The molecule has 1 N–H and O–H groups in total. The molecular formula is C16H25NO. The van der Waals surface area contributed by atoms with Gasteiger partial charge in [0.1, 0.15) is 0 Å². The normalized spacial score (nSPS) is 18.5. The summed E-state index contributed by atoms with van der Waals surface area (Å²) in [5.41, 5.74) is 2.74. The molecule has 2 nitrogen and oxygen atoms in total. The maximum absolute atomic E-state index is 5.16. The minimum Gasteiger partial charge on any atom is -0.472 e. The fraction of sp³-hybridized carbons (Fsp3) is 0.625. The van der Waals surface area contributed by atoms with Gasteiger partial charge in [0.2, 0.25) is 0 Å². The molecule has 0 radical (unpaired) electrons. The largest absolute Gasteiger partial charge is 0.472 e. The Morgan fingerprint density at radius 1 is 1.39 bits per heavy atom. The lowest BCUT2D eigenvalue weighted by Gasteiger charge is -2.25. The van der Waals surface area contributed by atoms with Gasteiger partial charge >= 0.3 is 0 Å². The molecule has 1 aromatic rings. The predicted molar refractivity (Wildman–Crippen MR) is 76.4 cm³/mol. The molecule has 0 aromatic carbocycles. The number of furan rings is 1. The summed E-state index contributed by atoms with van der Waals surface area (Å²) in [5.74, 6) is 0.764. The second-order valence-corrected chi connectivity index (χ2v) is 5.65. The molecule has 0 aliphatic heterocycles. The van der Waals surface area contributed by atoms with Crippen LogP contribution in [0.25, 0.3) is 6.08 Å². The molecule has 18 heavy (non-hydrogen) atoms. The van der Waals surface area contributed by atoms with Crippen molar-refractivity contribution in [3.8, 4) is 0 Å². The van der Waals surface area contributed by atoms with E-state index in [1.807, 2.05) is 12.3 Å². The molecule has 100 valence electrons. The highest BCUT2D eigenvalue weighted by Gasteiger charge is 2.17. The first kappa shape index (κ1) is 13.4. The smallest absolute Gasteiger partial charge is 0.0974 e. The summed E-state index contributed by atoms with van der Waals surface area (Å²) in [6.07, 6.45) is 12.8. The topological polar surface area (TPSA) is 25.2 Å². The van der Waals surface area contributed by atoms with Crippen LogP contribution in [0.5, 0.6) is 0 Å². The van der Waals surface area contributed by atoms with Gasteiger partial charge in [0, 0.05) is 18.2 Å². The molecule has 0 saturated heterocycles. The Hall–Kier alpha value is -1.02. The van der Waals surface area contributed by atoms with Crippen LogP contribution in [0.2, 0.25) is 0 Å². The van der Waals surface area contributed by atoms with E-state index in [0.29, 0.717) is 6.04 Å². The third kappa shape index (κ3) is 4.02. The van der Waals surface area contributed by atoms with Gasteiger partial charge < -0.3 is 9.73 Å². The Labute approximate surface area is 110 Å². The molecular weight excluding hydrogens is 222 g/mol. The van der Waals surface area contributed by atoms with E-state index >= 15 is 0 Å². The highest BCUT2D eigenvalue weighted by Crippen LogP contribution is 2.30. The summed E-state index contributed by atoms with van der Waals surface area (Å²) < 4.78 is 5.16. The molecule has 1 heterocycles. The van der Waals surface area contributed by atoms with Crippen LogP contribution < -0.4 is 5.32 Å². The van der Waals surface area contributed by atoms with E-state index in [9.17, 15) is 0 Å². The third-order valence-corrected chi connectivity index (χ3v) is 3.74. The van der Waals surface area contributed by atoms with Crippen LogP contribution in [0.3, 0.4) is 0 Å². The van der Waals surface area contributed by atoms with Gasteiger partial charge in [0.25, 0.3) is 0 Å². The monoisotopic (exact) mass is 247 g/mol. The summed E-state index contributed by atoms with van der Waals surface area (Å²) in [6, 6.07) is 2.58. The van der Waals surface area contributed by atoms with Crippen molar-refractivity contribution >= 4 is 6.08 Å². The van der Waals surface area contributed by atoms with Crippen LogP contribution in [0.15, 0.2) is 28.6 Å². The molecule has 2 rings (SSSR count). The van der Waals surface area contributed by atoms with E-state index in [1.165, 1.54) is 37.7 Å². The van der Waals surface area contributed by atoms with Crippen molar-refractivity contribution in [3.63, 3.8) is 0 Å². The fourth-order valence-corrected chi connectivity index (χ4v) is 2.68. The number of nitrogens with one attached hydrogen (secondary N) is 1. The molecule has 0 spiro atoms. The zero-order valence-electron chi connectivity index (χ0n) is 11.6. The molecule has 0 amide bonds. The third-order valence-electron chi connectivity index (χ3n) is 3.74. The zero-order chi connectivity index (χ0) is 12.8. The second kappa shape index (κ2) is 6.79. The van der Waals surface area contributed by atoms with Gasteiger partial charge in [0.05, 0.1) is 12.5 Å². The van der Waals surface area contributed by atoms with Crippen molar-refractivity contribution in [1.29, 1.82) is 0 Å². The van der Waals surface area contributed by atoms with Gasteiger partial charge in [-0.1, -0.05) is 44.8 Å². The Morgan fingerprint density at radius 3 is 2.78 bits per heavy atom. The molecule has 0 unspecified atom stereocenters. The summed E-state index contributed by atoms with van der Waals surface area (Å²) in [4.78, 5) is 0. The first-order valence-electron chi connectivity index (χ1n) is 7.22. The molecule has 1 aliphatic rings. The summed E-state index contributed by atoms with van der Waals surface area (Å²) in [5, 5.41) is 3.56. The molecule has 1 aliphatic carbocycles. The minimum absolute atomic E-state index is 0.543. The maximum atomic E-state index is 5.16. The quantitative estimate of drug-likeness (QED) is 0.841. The van der Waals surface area contributed by atoms with Crippen LogP contribution in [-0.2, 0) is 0 Å². The number of hydrogen-bond donors (Lipinski definition) is 1. The first-order valence-corrected chi connectivity index (χ1v) is 7.22. The molecule has 1 aromatic heterocycles. The van der Waals surface area contributed by atoms with E-state index in [4.69, 9.17) is 4.42 Å². The average Bonchev–Trinajstić information content (AvgIpc) is 2.88. The standard InChI is InChI=1S/C16H25NO/c1-13(2)17-11-16(10-14-8-9-18-12-14)15-6-4-3-5-7-15/h8-10,12-13,15,17H,3-7,11H2,1-2H3. The van der Waals surface area contributed by atoms with Crippen molar-refractivity contribution in [2.45, 2.75) is 52.0 Å². The van der Waals surface area contributed by atoms with Crippen LogP contribution in [-0.4, -0.2) is 12.6 Å². The van der Waals surface area contributed by atoms with Gasteiger partial charge in [-0.3, -0.25) is 0 Å². The van der Waals surface area contributed by atoms with Crippen molar-refractivity contribution in [1.82, 2.24) is 5.32 Å². The van der Waals surface area contributed by atoms with Crippen molar-refractivity contribution in [3.05, 3.63) is 29.7 Å². The van der Waals surface area contributed by atoms with Crippen molar-refractivity contribution in [2.75, 3.05) is 6.54 Å². The number of hydrogen-bond acceptors (Lipinski definition) is 2. The zero-order valence-corrected chi connectivity index (χ0v) is 11.6. The second-order valence-electron chi connectivity index (χ2n) is 5.65. The average molecular weight is 247 g/mol. The lowest BCUT2D eigenvalue weighted by atomic mass is 9.83. The summed E-state index contributed by atoms with van der Waals surface area (Å²) in [6.45, 7) is 5.42. The van der Waals surface area contributed by atoms with E-state index in [2.05, 4.69) is 25.2 Å². The van der Waals surface area contributed by atoms with E-state index in [0.717, 1.165) is 12.5 Å². The highest BCUT2D eigenvalue weighted by atomic mass is 16.3. The van der Waals surface area contributed by atoms with Crippen LogP contribution in [0, 0.1) is 5.92 Å². The molecule has 1 saturated carbocycles. The SMILES string of the molecule is CC(C)NCC(=Cc1ccoc1)C1CCCCC1. The summed E-state index contributed by atoms with van der Waals surface area (Å²) >= 11 is 0. The van der Waals surface area contributed by atoms with E-state index in [1.54, 1.807) is 11.8 Å². The van der Waals surface area contributed by atoms with Gasteiger partial charge in [-0.05, 0) is 24.8 Å². The van der Waals surface area contributed by atoms with Gasteiger partial charge in [-0.25, -0.2) is 0 Å². The number of rotatable bonds is 5. The maximum Gasteiger partial charge on any atom is 0.0974 e. The lowest BCUT2D eigenvalue weighted by molar-refractivity contribution is 0.394. The molecule has 1 fully saturated rings. The van der Waals surface area contributed by atoms with Crippen molar-refractivity contribution < 1.29 is 4.42 Å². The molecule has 0 atom stereocenters.